The molecule has 0 radical (unpaired) electrons. The van der Waals surface area contributed by atoms with Crippen molar-refractivity contribution in [2.24, 2.45) is 0 Å². The summed E-state index contributed by atoms with van der Waals surface area (Å²) in [7, 11) is 3.47. The highest BCUT2D eigenvalue weighted by Crippen LogP contribution is 2.21. The minimum atomic E-state index is -0.298. The molecule has 0 bridgehead atoms. The summed E-state index contributed by atoms with van der Waals surface area (Å²) in [5, 5.41) is 2.15. The Bertz CT molecular complexity index is 580. The van der Waals surface area contributed by atoms with Gasteiger partial charge in [0.1, 0.15) is 0 Å². The molecule has 0 unspecified atom stereocenters. The van der Waals surface area contributed by atoms with E-state index < -0.39 is 0 Å². The summed E-state index contributed by atoms with van der Waals surface area (Å²) < 4.78 is 5.84. The van der Waals surface area contributed by atoms with Gasteiger partial charge in [-0.05, 0) is 57.7 Å². The Kier molecular flexibility index (Phi) is 5.34. The molecule has 20 heavy (non-hydrogen) atoms. The van der Waals surface area contributed by atoms with Gasteiger partial charge in [-0.15, -0.1) is 11.3 Å². The van der Waals surface area contributed by atoms with Crippen LogP contribution in [0.15, 0.2) is 39.5 Å². The predicted molar refractivity (Wildman–Crippen MR) is 85.0 cm³/mol. The van der Waals surface area contributed by atoms with E-state index in [-0.39, 0.29) is 5.97 Å². The lowest BCUT2D eigenvalue weighted by Gasteiger charge is -2.16. The topological polar surface area (TPSA) is 29.5 Å². The molecule has 0 fully saturated rings. The summed E-state index contributed by atoms with van der Waals surface area (Å²) in [5.74, 6) is -0.298. The van der Waals surface area contributed by atoms with Crippen LogP contribution < -0.4 is 0 Å². The van der Waals surface area contributed by atoms with E-state index in [2.05, 4.69) is 44.1 Å². The minimum Gasteiger partial charge on any atom is -0.465 e. The molecular weight excluding hydrogens is 338 g/mol. The van der Waals surface area contributed by atoms with Crippen LogP contribution in [0.3, 0.4) is 0 Å². The third-order valence-electron chi connectivity index (χ3n) is 2.90. The number of rotatable bonds is 5. The van der Waals surface area contributed by atoms with Gasteiger partial charge >= 0.3 is 5.97 Å². The van der Waals surface area contributed by atoms with Crippen LogP contribution in [-0.4, -0.2) is 25.0 Å². The maximum absolute atomic E-state index is 11.4. The van der Waals surface area contributed by atoms with Crippen LogP contribution in [0.25, 0.3) is 0 Å². The third kappa shape index (κ3) is 4.16. The molecule has 1 heterocycles. The first-order valence-corrected chi connectivity index (χ1v) is 7.84. The Morgan fingerprint density at radius 2 is 1.90 bits per heavy atom. The molecule has 0 aliphatic rings. The van der Waals surface area contributed by atoms with Crippen LogP contribution in [0.1, 0.15) is 21.5 Å². The van der Waals surface area contributed by atoms with Gasteiger partial charge in [0.05, 0.1) is 16.5 Å². The number of esters is 1. The first-order chi connectivity index (χ1) is 9.58. The van der Waals surface area contributed by atoms with E-state index in [9.17, 15) is 4.79 Å². The number of methoxy groups -OCH3 is 1. The lowest BCUT2D eigenvalue weighted by molar-refractivity contribution is 0.0600. The summed E-state index contributed by atoms with van der Waals surface area (Å²) in [6.45, 7) is 1.75. The Hall–Kier alpha value is -1.17. The fourth-order valence-electron chi connectivity index (χ4n) is 1.97. The average molecular weight is 354 g/mol. The summed E-state index contributed by atoms with van der Waals surface area (Å²) in [6, 6.07) is 9.67. The molecule has 0 saturated carbocycles. The number of hydrogen-bond acceptors (Lipinski definition) is 4. The van der Waals surface area contributed by atoms with Crippen molar-refractivity contribution in [1.29, 1.82) is 0 Å². The molecule has 2 aromatic rings. The molecule has 0 aliphatic heterocycles. The number of hydrogen-bond donors (Lipinski definition) is 0. The van der Waals surface area contributed by atoms with Crippen molar-refractivity contribution in [3.8, 4) is 0 Å². The predicted octanol–water partition coefficient (Wildman–Crippen LogP) is 3.93. The van der Waals surface area contributed by atoms with Crippen molar-refractivity contribution < 1.29 is 9.53 Å². The molecule has 3 nitrogen and oxygen atoms in total. The molecule has 106 valence electrons. The largest absolute Gasteiger partial charge is 0.465 e. The first-order valence-electron chi connectivity index (χ1n) is 6.17. The van der Waals surface area contributed by atoms with Gasteiger partial charge in [0.15, 0.2) is 0 Å². The Labute approximate surface area is 131 Å². The normalized spacial score (nSPS) is 10.8. The van der Waals surface area contributed by atoms with Crippen molar-refractivity contribution in [2.45, 2.75) is 13.1 Å². The number of carbonyl (C=O) groups excluding carboxylic acids is 1. The van der Waals surface area contributed by atoms with Gasteiger partial charge in [-0.3, -0.25) is 4.90 Å². The van der Waals surface area contributed by atoms with E-state index >= 15 is 0 Å². The molecule has 0 amide bonds. The zero-order chi connectivity index (χ0) is 14.5. The monoisotopic (exact) mass is 353 g/mol. The molecule has 2 rings (SSSR count). The first kappa shape index (κ1) is 15.2. The van der Waals surface area contributed by atoms with Crippen LogP contribution in [0.5, 0.6) is 0 Å². The van der Waals surface area contributed by atoms with Gasteiger partial charge in [0, 0.05) is 13.1 Å². The fraction of sp³-hybridized carbons (Fsp3) is 0.267. The Morgan fingerprint density at radius 3 is 2.45 bits per heavy atom. The van der Waals surface area contributed by atoms with Crippen LogP contribution >= 0.6 is 27.3 Å². The molecule has 0 saturated heterocycles. The van der Waals surface area contributed by atoms with Crippen LogP contribution in [-0.2, 0) is 17.8 Å². The second kappa shape index (κ2) is 7.02. The highest BCUT2D eigenvalue weighted by atomic mass is 79.9. The van der Waals surface area contributed by atoms with E-state index in [0.717, 1.165) is 16.9 Å². The van der Waals surface area contributed by atoms with Crippen molar-refractivity contribution in [3.05, 3.63) is 56.2 Å². The molecule has 0 N–H and O–H groups in total. The maximum atomic E-state index is 11.4. The van der Waals surface area contributed by atoms with E-state index in [1.54, 1.807) is 23.5 Å². The van der Waals surface area contributed by atoms with Crippen molar-refractivity contribution >= 4 is 33.2 Å². The highest BCUT2D eigenvalue weighted by Gasteiger charge is 2.07. The second-order valence-electron chi connectivity index (χ2n) is 4.62. The Morgan fingerprint density at radius 1 is 1.25 bits per heavy atom. The van der Waals surface area contributed by atoms with Crippen LogP contribution in [0.2, 0.25) is 0 Å². The second-order valence-corrected chi connectivity index (χ2v) is 6.91. The smallest absolute Gasteiger partial charge is 0.337 e. The highest BCUT2D eigenvalue weighted by molar-refractivity contribution is 9.11. The molecular formula is C15H16BrNO2S. The van der Waals surface area contributed by atoms with E-state index in [0.29, 0.717) is 5.56 Å². The zero-order valence-electron chi connectivity index (χ0n) is 11.4. The van der Waals surface area contributed by atoms with Gasteiger partial charge in [0.25, 0.3) is 0 Å². The molecule has 1 aromatic carbocycles. The summed E-state index contributed by atoms with van der Waals surface area (Å²) in [5.41, 5.74) is 3.06. The van der Waals surface area contributed by atoms with Crippen molar-refractivity contribution in [2.75, 3.05) is 14.2 Å². The zero-order valence-corrected chi connectivity index (χ0v) is 13.8. The molecule has 5 heteroatoms. The lowest BCUT2D eigenvalue weighted by atomic mass is 10.1. The lowest BCUT2D eigenvalue weighted by Crippen LogP contribution is -2.16. The van der Waals surface area contributed by atoms with Gasteiger partial charge in [0.2, 0.25) is 0 Å². The molecule has 0 atom stereocenters. The SMILES string of the molecule is COC(=O)c1ccc(CN(C)Cc2csc(Br)c2)cc1. The number of ether oxygens (including phenoxy) is 1. The number of halogens is 1. The van der Waals surface area contributed by atoms with E-state index in [1.807, 2.05) is 12.1 Å². The fourth-order valence-corrected chi connectivity index (χ4v) is 3.17. The van der Waals surface area contributed by atoms with Gasteiger partial charge < -0.3 is 4.74 Å². The number of thiophene rings is 1. The number of carbonyl (C=O) groups is 1. The third-order valence-corrected chi connectivity index (χ3v) is 4.46. The minimum absolute atomic E-state index is 0.298. The van der Waals surface area contributed by atoms with E-state index in [1.165, 1.54) is 18.2 Å². The van der Waals surface area contributed by atoms with E-state index in [4.69, 9.17) is 0 Å². The van der Waals surface area contributed by atoms with Crippen molar-refractivity contribution in [1.82, 2.24) is 4.90 Å². The molecule has 0 spiro atoms. The Balaban J connectivity index is 1.94. The maximum Gasteiger partial charge on any atom is 0.337 e. The summed E-state index contributed by atoms with van der Waals surface area (Å²) in [4.78, 5) is 13.6. The summed E-state index contributed by atoms with van der Waals surface area (Å²) >= 11 is 5.17. The van der Waals surface area contributed by atoms with Crippen LogP contribution in [0, 0.1) is 0 Å². The number of benzene rings is 1. The molecule has 0 aliphatic carbocycles. The standard InChI is InChI=1S/C15H16BrNO2S/c1-17(9-12-7-14(16)20-10-12)8-11-3-5-13(6-4-11)15(18)19-2/h3-7,10H,8-9H2,1-2H3. The van der Waals surface area contributed by atoms with Gasteiger partial charge in [-0.2, -0.15) is 0 Å². The van der Waals surface area contributed by atoms with Gasteiger partial charge in [-0.25, -0.2) is 4.79 Å². The van der Waals surface area contributed by atoms with Crippen LogP contribution in [0.4, 0.5) is 0 Å². The van der Waals surface area contributed by atoms with Gasteiger partial charge in [-0.1, -0.05) is 12.1 Å². The molecule has 1 aromatic heterocycles. The number of nitrogens with zero attached hydrogens (tertiary/aromatic N) is 1. The summed E-state index contributed by atoms with van der Waals surface area (Å²) in [6.07, 6.45) is 0. The average Bonchev–Trinajstić information content (AvgIpc) is 2.84. The quantitative estimate of drug-likeness (QED) is 0.762. The van der Waals surface area contributed by atoms with Crippen molar-refractivity contribution in [3.63, 3.8) is 0 Å².